The van der Waals surface area contributed by atoms with Crippen LogP contribution in [-0.4, -0.2) is 87.1 Å². The minimum absolute atomic E-state index is 0.0496. The Balaban J connectivity index is 2.26. The maximum atomic E-state index is 15.3. The maximum Gasteiger partial charge on any atom is 0.408 e. The van der Waals surface area contributed by atoms with Crippen LogP contribution < -0.4 is 21.3 Å². The molecule has 0 aromatic heterocycles. The lowest BCUT2D eigenvalue weighted by molar-refractivity contribution is -0.135. The lowest BCUT2D eigenvalue weighted by Crippen LogP contribution is -2.64. The van der Waals surface area contributed by atoms with Crippen LogP contribution in [0.1, 0.15) is 329 Å². The Hall–Kier alpha value is -4.00. The number of rotatable bonds is 64. The molecule has 4 atom stereocenters. The number of carbonyl (C=O) groups excluding carboxylic acids is 4. The highest BCUT2D eigenvalue weighted by atomic mass is 16.5. The number of benzene rings is 2. The number of ether oxygens (including phenoxy) is 4. The van der Waals surface area contributed by atoms with Crippen molar-refractivity contribution in [2.75, 3.05) is 39.6 Å². The number of hydrogen-bond acceptors (Lipinski definition) is 8. The molecule has 0 radical (unpaired) electrons. The summed E-state index contributed by atoms with van der Waals surface area (Å²) in [5.74, 6) is -1.72. The van der Waals surface area contributed by atoms with Gasteiger partial charge in [0, 0.05) is 26.2 Å². The van der Waals surface area contributed by atoms with Crippen LogP contribution in [0.5, 0.6) is 0 Å². The highest BCUT2D eigenvalue weighted by molar-refractivity contribution is 5.94. The van der Waals surface area contributed by atoms with Crippen LogP contribution >= 0.6 is 0 Å². The van der Waals surface area contributed by atoms with Crippen molar-refractivity contribution in [3.05, 3.63) is 71.8 Å². The van der Waals surface area contributed by atoms with Crippen LogP contribution in [0.3, 0.4) is 0 Å². The van der Waals surface area contributed by atoms with Crippen molar-refractivity contribution in [3.8, 4) is 0 Å². The summed E-state index contributed by atoms with van der Waals surface area (Å²) in [4.78, 5) is 56.5. The van der Waals surface area contributed by atoms with E-state index in [1.165, 1.54) is 231 Å². The number of amides is 4. The molecule has 0 bridgehead atoms. The van der Waals surface area contributed by atoms with E-state index < -0.39 is 41.6 Å². The SMILES string of the molecule is CCCCCCCCCCCCCCCCOCC(COCCCCCCCCCCCCCCCC)(COCCCCCCCCCCCCCCCC)NC(=O)[C@H](Cc1ccccc1)NC(=O)[C@@H](NC(=O)[C@H](C)NC(=O)OCc1ccccc1)[C@@H](C)CC. The van der Waals surface area contributed by atoms with Gasteiger partial charge in [0.05, 0.1) is 19.8 Å². The van der Waals surface area contributed by atoms with Gasteiger partial charge in [-0.05, 0) is 43.2 Å². The fraction of sp³-hybridized carbons (Fsp3) is 0.795. The third kappa shape index (κ3) is 45.3. The lowest BCUT2D eigenvalue weighted by atomic mass is 9.96. The molecule has 0 saturated carbocycles. The van der Waals surface area contributed by atoms with Gasteiger partial charge in [-0.25, -0.2) is 4.79 Å². The molecule has 2 rings (SSSR count). The van der Waals surface area contributed by atoms with E-state index in [2.05, 4.69) is 42.0 Å². The van der Waals surface area contributed by atoms with Crippen LogP contribution in [0.2, 0.25) is 0 Å². The molecule has 0 aliphatic heterocycles. The molecule has 0 heterocycles. The quantitative estimate of drug-likeness (QED) is 0.0478. The van der Waals surface area contributed by atoms with Gasteiger partial charge in [-0.1, -0.05) is 352 Å². The first kappa shape index (κ1) is 82.1. The molecule has 90 heavy (non-hydrogen) atoms. The molecular formula is C78H138N4O8. The molecule has 0 aliphatic rings. The average Bonchev–Trinajstić information content (AvgIpc) is 2.03. The second-order valence-corrected chi connectivity index (χ2v) is 26.8. The predicted molar refractivity (Wildman–Crippen MR) is 377 cm³/mol. The number of carbonyl (C=O) groups is 4. The molecule has 0 aliphatic carbocycles. The third-order valence-electron chi connectivity index (χ3n) is 18.1. The molecule has 4 N–H and O–H groups in total. The molecule has 0 saturated heterocycles. The van der Waals surface area contributed by atoms with Crippen molar-refractivity contribution in [1.82, 2.24) is 21.3 Å². The van der Waals surface area contributed by atoms with E-state index in [1.54, 1.807) is 6.92 Å². The zero-order chi connectivity index (χ0) is 65.1. The van der Waals surface area contributed by atoms with Gasteiger partial charge in [-0.2, -0.15) is 0 Å². The van der Waals surface area contributed by atoms with E-state index in [0.29, 0.717) is 26.2 Å². The van der Waals surface area contributed by atoms with Crippen molar-refractivity contribution >= 4 is 23.8 Å². The van der Waals surface area contributed by atoms with Gasteiger partial charge < -0.3 is 40.2 Å². The summed E-state index contributed by atoms with van der Waals surface area (Å²) < 4.78 is 25.2. The van der Waals surface area contributed by atoms with Gasteiger partial charge in [0.25, 0.3) is 0 Å². The Kier molecular flexibility index (Phi) is 53.6. The van der Waals surface area contributed by atoms with Gasteiger partial charge in [0.1, 0.15) is 30.3 Å². The molecule has 2 aromatic rings. The van der Waals surface area contributed by atoms with Gasteiger partial charge in [0.2, 0.25) is 17.7 Å². The van der Waals surface area contributed by atoms with Crippen LogP contribution in [0.4, 0.5) is 4.79 Å². The normalized spacial score (nSPS) is 13.0. The number of unbranched alkanes of at least 4 members (excludes halogenated alkanes) is 39. The van der Waals surface area contributed by atoms with Crippen LogP contribution in [-0.2, 0) is 46.4 Å². The van der Waals surface area contributed by atoms with E-state index in [9.17, 15) is 14.4 Å². The molecule has 12 nitrogen and oxygen atoms in total. The summed E-state index contributed by atoms with van der Waals surface area (Å²) in [5, 5.41) is 12.0. The topological polar surface area (TPSA) is 153 Å². The first-order valence-electron chi connectivity index (χ1n) is 37.7. The Morgan fingerprint density at radius 3 is 1.03 bits per heavy atom. The van der Waals surface area contributed by atoms with Crippen molar-refractivity contribution in [2.45, 2.75) is 354 Å². The summed E-state index contributed by atoms with van der Waals surface area (Å²) in [5.41, 5.74) is 0.647. The van der Waals surface area contributed by atoms with Crippen LogP contribution in [0, 0.1) is 5.92 Å². The Bertz CT molecular complexity index is 1870. The molecule has 0 unspecified atom stereocenters. The number of hydrogen-bond donors (Lipinski definition) is 4. The molecular weight excluding hydrogens is 1120 g/mol. The van der Waals surface area contributed by atoms with E-state index >= 15 is 4.79 Å². The van der Waals surface area contributed by atoms with E-state index in [-0.39, 0.29) is 44.7 Å². The molecule has 0 spiro atoms. The van der Waals surface area contributed by atoms with Gasteiger partial charge in [-0.15, -0.1) is 0 Å². The largest absolute Gasteiger partial charge is 0.445 e. The highest BCUT2D eigenvalue weighted by Crippen LogP contribution is 2.20. The van der Waals surface area contributed by atoms with E-state index in [0.717, 1.165) is 49.7 Å². The van der Waals surface area contributed by atoms with Crippen LogP contribution in [0.15, 0.2) is 60.7 Å². The zero-order valence-corrected chi connectivity index (χ0v) is 58.9. The molecule has 518 valence electrons. The molecule has 2 aromatic carbocycles. The fourth-order valence-electron chi connectivity index (χ4n) is 11.9. The zero-order valence-electron chi connectivity index (χ0n) is 58.9. The Morgan fingerprint density at radius 2 is 0.700 bits per heavy atom. The van der Waals surface area contributed by atoms with Crippen molar-refractivity contribution in [3.63, 3.8) is 0 Å². The third-order valence-corrected chi connectivity index (χ3v) is 18.1. The lowest BCUT2D eigenvalue weighted by Gasteiger charge is -2.36. The van der Waals surface area contributed by atoms with Gasteiger partial charge in [-0.3, -0.25) is 14.4 Å². The Morgan fingerprint density at radius 1 is 0.378 bits per heavy atom. The van der Waals surface area contributed by atoms with Crippen molar-refractivity contribution in [1.29, 1.82) is 0 Å². The predicted octanol–water partition coefficient (Wildman–Crippen LogP) is 19.9. The van der Waals surface area contributed by atoms with Gasteiger partial charge in [0.15, 0.2) is 0 Å². The van der Waals surface area contributed by atoms with Crippen molar-refractivity contribution in [2.24, 2.45) is 5.92 Å². The first-order chi connectivity index (χ1) is 44.1. The molecule has 12 heteroatoms. The molecule has 4 amide bonds. The second kappa shape index (κ2) is 58.8. The first-order valence-corrected chi connectivity index (χ1v) is 37.7. The van der Waals surface area contributed by atoms with Gasteiger partial charge >= 0.3 is 6.09 Å². The summed E-state index contributed by atoms with van der Waals surface area (Å²) in [7, 11) is 0. The second-order valence-electron chi connectivity index (χ2n) is 26.8. The van der Waals surface area contributed by atoms with E-state index in [1.807, 2.05) is 74.5 Å². The number of nitrogens with one attached hydrogen (secondary N) is 4. The minimum atomic E-state index is -1.04. The molecule has 0 fully saturated rings. The number of alkyl carbamates (subject to hydrolysis) is 1. The van der Waals surface area contributed by atoms with E-state index in [4.69, 9.17) is 18.9 Å². The smallest absolute Gasteiger partial charge is 0.408 e. The van der Waals surface area contributed by atoms with Crippen LogP contribution in [0.25, 0.3) is 0 Å². The fourth-order valence-corrected chi connectivity index (χ4v) is 11.9. The summed E-state index contributed by atoms with van der Waals surface area (Å²) in [6, 6.07) is 16.0. The summed E-state index contributed by atoms with van der Waals surface area (Å²) in [6.45, 7) is 14.6. The monoisotopic (exact) mass is 1260 g/mol. The minimum Gasteiger partial charge on any atom is -0.445 e. The Labute approximate surface area is 552 Å². The standard InChI is InChI=1S/C78H138N4O8/c1-7-11-14-17-20-23-26-29-32-35-38-41-44-53-60-87-65-78(66-88-61-54-45-42-39-36-33-30-27-24-21-18-15-12-8-2,67-89-62-55-46-43-40-37-34-31-28-25-22-19-16-13-9-3)82-75(84)72(63-70-56-49-47-50-57-70)80-76(85)73(68(5)10-4)81-74(83)69(6)79-77(86)90-64-71-58-51-48-52-59-71/h47-52,56-59,68-69,72-73H,7-46,53-55,60-67H2,1-6H3,(H,79,86)(H,80,85)(H,81,83)(H,82,84)/t68-,69-,72-,73-/m0/s1. The maximum absolute atomic E-state index is 15.3. The average molecular weight is 1260 g/mol. The summed E-state index contributed by atoms with van der Waals surface area (Å²) >= 11 is 0. The van der Waals surface area contributed by atoms with Crippen molar-refractivity contribution < 1.29 is 38.1 Å². The summed E-state index contributed by atoms with van der Waals surface area (Å²) in [6.07, 6.45) is 53.8. The highest BCUT2D eigenvalue weighted by Gasteiger charge is 2.38.